The lowest BCUT2D eigenvalue weighted by molar-refractivity contribution is -0.139. The van der Waals surface area contributed by atoms with Crippen LogP contribution < -0.4 is 0 Å². The first-order valence-corrected chi connectivity index (χ1v) is 8.59. The molecule has 0 heterocycles. The molecule has 1 fully saturated rings. The van der Waals surface area contributed by atoms with Crippen molar-refractivity contribution in [2.24, 2.45) is 17.8 Å². The van der Waals surface area contributed by atoms with Crippen LogP contribution in [-0.2, 0) is 9.59 Å². The molecule has 0 bridgehead atoms. The molecule has 2 amide bonds. The van der Waals surface area contributed by atoms with E-state index in [1.165, 1.54) is 11.1 Å². The normalized spacial score (nSPS) is 27.8. The van der Waals surface area contributed by atoms with Gasteiger partial charge in [0.15, 0.2) is 0 Å². The molecular formula is C19H30N2O2. The SMILES string of the molecule is CC1=C(C2CC(C(=O)N(C)C)CC(C(=O)N(C)C)C2)CCC=C1. The van der Waals surface area contributed by atoms with Crippen LogP contribution >= 0.6 is 0 Å². The highest BCUT2D eigenvalue weighted by molar-refractivity contribution is 5.82. The minimum atomic E-state index is -0.0381. The second-order valence-corrected chi connectivity index (χ2v) is 7.41. The molecule has 2 unspecified atom stereocenters. The number of rotatable bonds is 3. The number of carbonyl (C=O) groups is 2. The predicted octanol–water partition coefficient (Wildman–Crippen LogP) is 2.86. The molecule has 0 aromatic carbocycles. The lowest BCUT2D eigenvalue weighted by Gasteiger charge is -2.37. The van der Waals surface area contributed by atoms with Gasteiger partial charge in [-0.15, -0.1) is 0 Å². The number of nitrogens with zero attached hydrogens (tertiary/aromatic N) is 2. The summed E-state index contributed by atoms with van der Waals surface area (Å²) in [4.78, 5) is 28.4. The van der Waals surface area contributed by atoms with E-state index in [1.54, 1.807) is 9.80 Å². The zero-order valence-corrected chi connectivity index (χ0v) is 15.1. The number of allylic oxidation sites excluding steroid dienone is 4. The fourth-order valence-corrected chi connectivity index (χ4v) is 4.07. The fourth-order valence-electron chi connectivity index (χ4n) is 4.07. The van der Waals surface area contributed by atoms with Crippen molar-refractivity contribution in [3.8, 4) is 0 Å². The van der Waals surface area contributed by atoms with Crippen molar-refractivity contribution in [2.75, 3.05) is 28.2 Å². The van der Waals surface area contributed by atoms with E-state index in [0.29, 0.717) is 12.3 Å². The van der Waals surface area contributed by atoms with E-state index >= 15 is 0 Å². The van der Waals surface area contributed by atoms with Gasteiger partial charge in [0.05, 0.1) is 0 Å². The van der Waals surface area contributed by atoms with Crippen LogP contribution in [0.3, 0.4) is 0 Å². The van der Waals surface area contributed by atoms with Gasteiger partial charge < -0.3 is 9.80 Å². The van der Waals surface area contributed by atoms with Gasteiger partial charge in [0.2, 0.25) is 11.8 Å². The molecule has 23 heavy (non-hydrogen) atoms. The van der Waals surface area contributed by atoms with E-state index in [0.717, 1.165) is 25.7 Å². The maximum atomic E-state index is 12.5. The van der Waals surface area contributed by atoms with Crippen LogP contribution in [0.15, 0.2) is 23.3 Å². The molecule has 0 aliphatic heterocycles. The molecule has 0 radical (unpaired) electrons. The monoisotopic (exact) mass is 318 g/mol. The Morgan fingerprint density at radius 1 is 0.957 bits per heavy atom. The maximum absolute atomic E-state index is 12.5. The third-order valence-corrected chi connectivity index (χ3v) is 5.23. The first-order chi connectivity index (χ1) is 10.8. The molecule has 0 aromatic rings. The van der Waals surface area contributed by atoms with Crippen LogP contribution in [0, 0.1) is 17.8 Å². The van der Waals surface area contributed by atoms with Crippen molar-refractivity contribution >= 4 is 11.8 Å². The van der Waals surface area contributed by atoms with E-state index in [4.69, 9.17) is 0 Å². The van der Waals surface area contributed by atoms with Crippen molar-refractivity contribution in [1.29, 1.82) is 0 Å². The maximum Gasteiger partial charge on any atom is 0.225 e. The summed E-state index contributed by atoms with van der Waals surface area (Å²) in [7, 11) is 7.23. The molecule has 2 aliphatic rings. The molecule has 4 nitrogen and oxygen atoms in total. The Hall–Kier alpha value is -1.58. The highest BCUT2D eigenvalue weighted by Crippen LogP contribution is 2.41. The summed E-state index contributed by atoms with van der Waals surface area (Å²) in [6.07, 6.45) is 9.00. The molecule has 0 aromatic heterocycles. The predicted molar refractivity (Wildman–Crippen MR) is 92.8 cm³/mol. The van der Waals surface area contributed by atoms with E-state index in [-0.39, 0.29) is 23.7 Å². The smallest absolute Gasteiger partial charge is 0.225 e. The summed E-state index contributed by atoms with van der Waals surface area (Å²) in [5.41, 5.74) is 2.79. The summed E-state index contributed by atoms with van der Waals surface area (Å²) in [6, 6.07) is 0. The minimum absolute atomic E-state index is 0.0381. The molecule has 128 valence electrons. The van der Waals surface area contributed by atoms with Gasteiger partial charge in [0.25, 0.3) is 0 Å². The van der Waals surface area contributed by atoms with Crippen LogP contribution in [-0.4, -0.2) is 49.8 Å². The summed E-state index contributed by atoms with van der Waals surface area (Å²) in [6.45, 7) is 2.16. The van der Waals surface area contributed by atoms with Gasteiger partial charge in [-0.1, -0.05) is 23.3 Å². The Labute approximate surface area is 140 Å². The Kier molecular flexibility index (Phi) is 5.66. The Bertz CT molecular complexity index is 503. The van der Waals surface area contributed by atoms with Crippen LogP contribution in [0.1, 0.15) is 39.0 Å². The fraction of sp³-hybridized carbons (Fsp3) is 0.684. The average Bonchev–Trinajstić information content (AvgIpc) is 2.53. The van der Waals surface area contributed by atoms with Gasteiger partial charge in [-0.2, -0.15) is 0 Å². The van der Waals surface area contributed by atoms with E-state index in [1.807, 2.05) is 28.2 Å². The molecule has 4 heteroatoms. The standard InChI is InChI=1S/C19H30N2O2/c1-13-8-6-7-9-17(13)14-10-15(18(22)20(2)3)12-16(11-14)19(23)21(4)5/h6,8,14-16H,7,9-12H2,1-5H3. The van der Waals surface area contributed by atoms with Crippen LogP contribution in [0.4, 0.5) is 0 Å². The molecular weight excluding hydrogens is 288 g/mol. The Morgan fingerprint density at radius 2 is 1.48 bits per heavy atom. The van der Waals surface area contributed by atoms with E-state index in [9.17, 15) is 9.59 Å². The topological polar surface area (TPSA) is 40.6 Å². The minimum Gasteiger partial charge on any atom is -0.349 e. The van der Waals surface area contributed by atoms with Crippen molar-refractivity contribution in [3.05, 3.63) is 23.3 Å². The average molecular weight is 318 g/mol. The van der Waals surface area contributed by atoms with Crippen molar-refractivity contribution in [3.63, 3.8) is 0 Å². The lowest BCUT2D eigenvalue weighted by Crippen LogP contribution is -2.41. The molecule has 2 atom stereocenters. The Balaban J connectivity index is 2.26. The lowest BCUT2D eigenvalue weighted by atomic mass is 9.69. The third-order valence-electron chi connectivity index (χ3n) is 5.23. The first-order valence-electron chi connectivity index (χ1n) is 8.59. The zero-order valence-electron chi connectivity index (χ0n) is 15.1. The second-order valence-electron chi connectivity index (χ2n) is 7.41. The third kappa shape index (κ3) is 4.04. The van der Waals surface area contributed by atoms with Gasteiger partial charge in [-0.3, -0.25) is 9.59 Å². The van der Waals surface area contributed by atoms with Crippen molar-refractivity contribution in [1.82, 2.24) is 9.80 Å². The molecule has 0 spiro atoms. The molecule has 0 saturated heterocycles. The second kappa shape index (κ2) is 7.33. The highest BCUT2D eigenvalue weighted by atomic mass is 16.2. The number of hydrogen-bond donors (Lipinski definition) is 0. The Morgan fingerprint density at radius 3 is 1.91 bits per heavy atom. The summed E-state index contributed by atoms with van der Waals surface area (Å²) >= 11 is 0. The summed E-state index contributed by atoms with van der Waals surface area (Å²) in [5.74, 6) is 0.607. The van der Waals surface area contributed by atoms with Crippen molar-refractivity contribution < 1.29 is 9.59 Å². The van der Waals surface area contributed by atoms with Crippen LogP contribution in [0.5, 0.6) is 0 Å². The van der Waals surface area contributed by atoms with Crippen LogP contribution in [0.25, 0.3) is 0 Å². The van der Waals surface area contributed by atoms with Crippen molar-refractivity contribution in [2.45, 2.75) is 39.0 Å². The van der Waals surface area contributed by atoms with Gasteiger partial charge in [-0.25, -0.2) is 0 Å². The molecule has 2 aliphatic carbocycles. The first kappa shape index (κ1) is 17.8. The summed E-state index contributed by atoms with van der Waals surface area (Å²) < 4.78 is 0. The zero-order chi connectivity index (χ0) is 17.1. The highest BCUT2D eigenvalue weighted by Gasteiger charge is 2.38. The van der Waals surface area contributed by atoms with E-state index in [2.05, 4.69) is 19.1 Å². The van der Waals surface area contributed by atoms with E-state index < -0.39 is 0 Å². The van der Waals surface area contributed by atoms with Gasteiger partial charge >= 0.3 is 0 Å². The van der Waals surface area contributed by atoms with Gasteiger partial charge in [-0.05, 0) is 44.9 Å². The summed E-state index contributed by atoms with van der Waals surface area (Å²) in [5, 5.41) is 0. The van der Waals surface area contributed by atoms with Crippen LogP contribution in [0.2, 0.25) is 0 Å². The number of amides is 2. The number of carbonyl (C=O) groups excluding carboxylic acids is 2. The van der Waals surface area contributed by atoms with Gasteiger partial charge in [0.1, 0.15) is 0 Å². The molecule has 1 saturated carbocycles. The largest absolute Gasteiger partial charge is 0.349 e. The molecule has 2 rings (SSSR count). The molecule has 0 N–H and O–H groups in total. The number of hydrogen-bond acceptors (Lipinski definition) is 2. The quantitative estimate of drug-likeness (QED) is 0.803. The van der Waals surface area contributed by atoms with Gasteiger partial charge in [0, 0.05) is 40.0 Å².